The van der Waals surface area contributed by atoms with Gasteiger partial charge in [-0.25, -0.2) is 0 Å². The lowest BCUT2D eigenvalue weighted by molar-refractivity contribution is 0.561. The van der Waals surface area contributed by atoms with Crippen LogP contribution >= 0.6 is 23.1 Å². The summed E-state index contributed by atoms with van der Waals surface area (Å²) in [4.78, 5) is 0. The smallest absolute Gasteiger partial charge is 0.0346 e. The van der Waals surface area contributed by atoms with Gasteiger partial charge in [-0.3, -0.25) is 0 Å². The Hall–Kier alpha value is -0.510. The fourth-order valence-corrected chi connectivity index (χ4v) is 3.62. The number of benzene rings is 1. The first-order chi connectivity index (χ1) is 8.31. The zero-order chi connectivity index (χ0) is 12.1. The molecule has 0 saturated carbocycles. The first-order valence-corrected chi connectivity index (χ1v) is 8.23. The highest BCUT2D eigenvalue weighted by molar-refractivity contribution is 7.98. The molecular formula is C14H19NS2. The summed E-state index contributed by atoms with van der Waals surface area (Å²) in [5.41, 5.74) is 1.43. The Morgan fingerprint density at radius 3 is 3.00 bits per heavy atom. The van der Waals surface area contributed by atoms with E-state index < -0.39 is 0 Å². The van der Waals surface area contributed by atoms with Crippen LogP contribution in [-0.4, -0.2) is 18.6 Å². The third-order valence-corrected chi connectivity index (χ3v) is 4.74. The molecule has 1 atom stereocenters. The van der Waals surface area contributed by atoms with Crippen molar-refractivity contribution in [2.45, 2.75) is 13.5 Å². The van der Waals surface area contributed by atoms with Gasteiger partial charge in [-0.2, -0.15) is 11.8 Å². The van der Waals surface area contributed by atoms with Gasteiger partial charge >= 0.3 is 0 Å². The number of hydrogen-bond acceptors (Lipinski definition) is 3. The van der Waals surface area contributed by atoms with E-state index in [1.807, 2.05) is 23.1 Å². The number of rotatable bonds is 6. The van der Waals surface area contributed by atoms with Gasteiger partial charge in [0.05, 0.1) is 0 Å². The molecular weight excluding hydrogens is 246 g/mol. The van der Waals surface area contributed by atoms with Gasteiger partial charge in [0.25, 0.3) is 0 Å². The summed E-state index contributed by atoms with van der Waals surface area (Å²) in [5.74, 6) is 1.98. The Morgan fingerprint density at radius 1 is 1.35 bits per heavy atom. The second-order valence-corrected chi connectivity index (χ2v) is 6.27. The lowest BCUT2D eigenvalue weighted by Gasteiger charge is -2.10. The van der Waals surface area contributed by atoms with Gasteiger partial charge < -0.3 is 5.32 Å². The summed E-state index contributed by atoms with van der Waals surface area (Å²) in [6, 6.07) is 8.64. The quantitative estimate of drug-likeness (QED) is 0.847. The molecule has 1 unspecified atom stereocenters. The molecule has 0 amide bonds. The molecule has 0 radical (unpaired) electrons. The number of thiophene rings is 1. The average Bonchev–Trinajstić information content (AvgIpc) is 2.73. The van der Waals surface area contributed by atoms with Crippen molar-refractivity contribution in [3.8, 4) is 0 Å². The van der Waals surface area contributed by atoms with Crippen LogP contribution in [0, 0.1) is 5.92 Å². The first-order valence-electron chi connectivity index (χ1n) is 5.96. The predicted octanol–water partition coefficient (Wildman–Crippen LogP) is 3.99. The molecule has 92 valence electrons. The molecule has 1 aromatic carbocycles. The molecule has 0 saturated heterocycles. The van der Waals surface area contributed by atoms with E-state index >= 15 is 0 Å². The maximum Gasteiger partial charge on any atom is 0.0346 e. The highest BCUT2D eigenvalue weighted by Gasteiger charge is 2.04. The van der Waals surface area contributed by atoms with Crippen LogP contribution in [0.4, 0.5) is 0 Å². The van der Waals surface area contributed by atoms with E-state index in [0.29, 0.717) is 0 Å². The van der Waals surface area contributed by atoms with Gasteiger partial charge in [-0.05, 0) is 46.9 Å². The lowest BCUT2D eigenvalue weighted by atomic mass is 10.1. The molecule has 0 fully saturated rings. The zero-order valence-corrected chi connectivity index (χ0v) is 12.0. The fraction of sp³-hybridized carbons (Fsp3) is 0.429. The molecule has 0 aliphatic rings. The summed E-state index contributed by atoms with van der Waals surface area (Å²) in [5, 5.41) is 7.24. The number of nitrogens with one attached hydrogen (secondary N) is 1. The van der Waals surface area contributed by atoms with Crippen molar-refractivity contribution < 1.29 is 0 Å². The highest BCUT2D eigenvalue weighted by Crippen LogP contribution is 2.25. The normalized spacial score (nSPS) is 13.1. The molecule has 0 bridgehead atoms. The minimum Gasteiger partial charge on any atom is -0.312 e. The van der Waals surface area contributed by atoms with Crippen molar-refractivity contribution in [3.63, 3.8) is 0 Å². The maximum absolute atomic E-state index is 3.56. The summed E-state index contributed by atoms with van der Waals surface area (Å²) in [7, 11) is 0. The summed E-state index contributed by atoms with van der Waals surface area (Å²) in [6.07, 6.45) is 2.17. The van der Waals surface area contributed by atoms with E-state index in [9.17, 15) is 0 Å². The van der Waals surface area contributed by atoms with E-state index in [4.69, 9.17) is 0 Å². The van der Waals surface area contributed by atoms with Crippen LogP contribution < -0.4 is 5.32 Å². The van der Waals surface area contributed by atoms with Gasteiger partial charge in [0.15, 0.2) is 0 Å². The molecule has 0 aliphatic carbocycles. The first kappa shape index (κ1) is 12.9. The molecule has 2 rings (SSSR count). The third-order valence-electron chi connectivity index (χ3n) is 2.82. The van der Waals surface area contributed by atoms with Crippen LogP contribution in [0.3, 0.4) is 0 Å². The van der Waals surface area contributed by atoms with Crippen LogP contribution in [0.2, 0.25) is 0 Å². The third kappa shape index (κ3) is 3.47. The summed E-state index contributed by atoms with van der Waals surface area (Å²) in [6.45, 7) is 4.39. The van der Waals surface area contributed by atoms with E-state index in [0.717, 1.165) is 19.0 Å². The SMILES string of the molecule is CSCC(C)CNCc1csc2ccccc12. The second-order valence-electron chi connectivity index (χ2n) is 4.45. The number of thioether (sulfide) groups is 1. The average molecular weight is 265 g/mol. The van der Waals surface area contributed by atoms with Crippen LogP contribution in [-0.2, 0) is 6.54 Å². The van der Waals surface area contributed by atoms with E-state index in [2.05, 4.69) is 48.1 Å². The Balaban J connectivity index is 1.91. The lowest BCUT2D eigenvalue weighted by Crippen LogP contribution is -2.21. The Labute approximate surface area is 112 Å². The fourth-order valence-electron chi connectivity index (χ4n) is 1.97. The number of fused-ring (bicyclic) bond motifs is 1. The van der Waals surface area contributed by atoms with Gasteiger partial charge in [-0.1, -0.05) is 25.1 Å². The van der Waals surface area contributed by atoms with Crippen LogP contribution in [0.5, 0.6) is 0 Å². The van der Waals surface area contributed by atoms with Crippen LogP contribution in [0.15, 0.2) is 29.6 Å². The molecule has 1 nitrogen and oxygen atoms in total. The van der Waals surface area contributed by atoms with Crippen molar-refractivity contribution in [2.75, 3.05) is 18.6 Å². The minimum atomic E-state index is 0.745. The van der Waals surface area contributed by atoms with Crippen molar-refractivity contribution >= 4 is 33.2 Å². The van der Waals surface area contributed by atoms with E-state index in [-0.39, 0.29) is 0 Å². The molecule has 2 aromatic rings. The van der Waals surface area contributed by atoms with Crippen LogP contribution in [0.25, 0.3) is 10.1 Å². The zero-order valence-electron chi connectivity index (χ0n) is 10.4. The Bertz CT molecular complexity index is 464. The van der Waals surface area contributed by atoms with E-state index in [1.165, 1.54) is 21.4 Å². The largest absolute Gasteiger partial charge is 0.312 e. The monoisotopic (exact) mass is 265 g/mol. The van der Waals surface area contributed by atoms with Crippen molar-refractivity contribution in [1.82, 2.24) is 5.32 Å². The molecule has 1 N–H and O–H groups in total. The van der Waals surface area contributed by atoms with Gasteiger partial charge in [-0.15, -0.1) is 11.3 Å². The second kappa shape index (κ2) is 6.43. The predicted molar refractivity (Wildman–Crippen MR) is 81.1 cm³/mol. The molecule has 1 aromatic heterocycles. The van der Waals surface area contributed by atoms with Crippen molar-refractivity contribution in [1.29, 1.82) is 0 Å². The van der Waals surface area contributed by atoms with Crippen molar-refractivity contribution in [2.24, 2.45) is 5.92 Å². The molecule has 0 aliphatic heterocycles. The standard InChI is InChI=1S/C14H19NS2/c1-11(9-16-2)7-15-8-12-10-17-14-6-4-3-5-13(12)14/h3-6,10-11,15H,7-9H2,1-2H3. The minimum absolute atomic E-state index is 0.745. The van der Waals surface area contributed by atoms with E-state index in [1.54, 1.807) is 0 Å². The maximum atomic E-state index is 3.56. The molecule has 1 heterocycles. The summed E-state index contributed by atoms with van der Waals surface area (Å²) >= 11 is 3.76. The van der Waals surface area contributed by atoms with Gasteiger partial charge in [0, 0.05) is 11.2 Å². The van der Waals surface area contributed by atoms with Gasteiger partial charge in [0.1, 0.15) is 0 Å². The van der Waals surface area contributed by atoms with Crippen molar-refractivity contribution in [3.05, 3.63) is 35.2 Å². The van der Waals surface area contributed by atoms with Gasteiger partial charge in [0.2, 0.25) is 0 Å². The van der Waals surface area contributed by atoms with Crippen LogP contribution in [0.1, 0.15) is 12.5 Å². The summed E-state index contributed by atoms with van der Waals surface area (Å²) < 4.78 is 1.39. The highest BCUT2D eigenvalue weighted by atomic mass is 32.2. The molecule has 17 heavy (non-hydrogen) atoms. The Morgan fingerprint density at radius 2 is 2.18 bits per heavy atom. The Kier molecular flexibility index (Phi) is 4.89. The number of hydrogen-bond donors (Lipinski definition) is 1. The topological polar surface area (TPSA) is 12.0 Å². The molecule has 0 spiro atoms. The molecule has 3 heteroatoms.